The SMILES string of the molecule is Cc1oncc1C(=O)N(C)C1CN(c2ccc3nnc(C)n3n2)C1. The number of likely N-dealkylation sites (N-methyl/N-ethyl adjacent to an activating group) is 1. The van der Waals surface area contributed by atoms with Gasteiger partial charge in [-0.2, -0.15) is 4.52 Å². The molecule has 0 aromatic carbocycles. The van der Waals surface area contributed by atoms with E-state index in [-0.39, 0.29) is 11.9 Å². The number of rotatable bonds is 3. The zero-order valence-electron chi connectivity index (χ0n) is 13.7. The summed E-state index contributed by atoms with van der Waals surface area (Å²) in [6.07, 6.45) is 1.47. The van der Waals surface area contributed by atoms with Gasteiger partial charge in [0.05, 0.1) is 12.2 Å². The standard InChI is InChI=1S/C15H17N7O2/c1-9-12(6-16-24-9)15(23)20(3)11-7-21(8-11)14-5-4-13-18-17-10(2)22(13)19-14/h4-6,11H,7-8H2,1-3H3. The maximum atomic E-state index is 12.5. The van der Waals surface area contributed by atoms with Crippen LogP contribution < -0.4 is 4.90 Å². The highest BCUT2D eigenvalue weighted by atomic mass is 16.5. The van der Waals surface area contributed by atoms with Gasteiger partial charge < -0.3 is 14.3 Å². The maximum Gasteiger partial charge on any atom is 0.259 e. The molecule has 0 atom stereocenters. The van der Waals surface area contributed by atoms with Crippen LogP contribution in [-0.2, 0) is 0 Å². The van der Waals surface area contributed by atoms with Crippen molar-refractivity contribution >= 4 is 17.4 Å². The van der Waals surface area contributed by atoms with Gasteiger partial charge in [0, 0.05) is 20.1 Å². The van der Waals surface area contributed by atoms with Crippen molar-refractivity contribution < 1.29 is 9.32 Å². The molecule has 0 aliphatic carbocycles. The number of aryl methyl sites for hydroxylation is 2. The van der Waals surface area contributed by atoms with E-state index in [0.717, 1.165) is 30.4 Å². The first kappa shape index (κ1) is 14.6. The lowest BCUT2D eigenvalue weighted by molar-refractivity contribution is 0.0703. The van der Waals surface area contributed by atoms with Gasteiger partial charge >= 0.3 is 0 Å². The summed E-state index contributed by atoms with van der Waals surface area (Å²) >= 11 is 0. The number of anilines is 1. The molecule has 0 spiro atoms. The van der Waals surface area contributed by atoms with Gasteiger partial charge in [-0.1, -0.05) is 5.16 Å². The van der Waals surface area contributed by atoms with Gasteiger partial charge in [0.15, 0.2) is 11.5 Å². The Bertz CT molecular complexity index is 910. The number of carbonyl (C=O) groups excluding carboxylic acids is 1. The Labute approximate surface area is 137 Å². The van der Waals surface area contributed by atoms with Crippen LogP contribution in [0.2, 0.25) is 0 Å². The van der Waals surface area contributed by atoms with Crippen LogP contribution in [0.3, 0.4) is 0 Å². The predicted molar refractivity (Wildman–Crippen MR) is 84.9 cm³/mol. The first-order chi connectivity index (χ1) is 11.5. The molecule has 24 heavy (non-hydrogen) atoms. The fourth-order valence-electron chi connectivity index (χ4n) is 2.80. The molecule has 0 radical (unpaired) electrons. The van der Waals surface area contributed by atoms with Crippen LogP contribution in [-0.4, -0.2) is 62.0 Å². The van der Waals surface area contributed by atoms with Gasteiger partial charge in [-0.3, -0.25) is 4.79 Å². The summed E-state index contributed by atoms with van der Waals surface area (Å²) in [7, 11) is 1.80. The topological polar surface area (TPSA) is 92.7 Å². The smallest absolute Gasteiger partial charge is 0.259 e. The number of nitrogens with zero attached hydrogens (tertiary/aromatic N) is 7. The largest absolute Gasteiger partial charge is 0.361 e. The molecule has 3 aromatic heterocycles. The molecule has 3 aromatic rings. The van der Waals surface area contributed by atoms with Gasteiger partial charge in [-0.25, -0.2) is 0 Å². The van der Waals surface area contributed by atoms with Crippen molar-refractivity contribution in [2.75, 3.05) is 25.0 Å². The number of hydrogen-bond acceptors (Lipinski definition) is 7. The quantitative estimate of drug-likeness (QED) is 0.698. The van der Waals surface area contributed by atoms with Crippen LogP contribution in [0.4, 0.5) is 5.82 Å². The van der Waals surface area contributed by atoms with Crippen LogP contribution in [0.1, 0.15) is 21.9 Å². The third kappa shape index (κ3) is 2.20. The summed E-state index contributed by atoms with van der Waals surface area (Å²) in [6.45, 7) is 5.06. The van der Waals surface area contributed by atoms with Gasteiger partial charge in [-0.15, -0.1) is 15.3 Å². The molecule has 1 amide bonds. The summed E-state index contributed by atoms with van der Waals surface area (Å²) in [5.41, 5.74) is 1.24. The van der Waals surface area contributed by atoms with Crippen molar-refractivity contribution in [1.29, 1.82) is 0 Å². The minimum Gasteiger partial charge on any atom is -0.361 e. The molecular weight excluding hydrogens is 310 g/mol. The highest BCUT2D eigenvalue weighted by molar-refractivity contribution is 5.95. The molecule has 0 saturated carbocycles. The minimum atomic E-state index is -0.0727. The molecule has 1 fully saturated rings. The molecule has 124 valence electrons. The Morgan fingerprint density at radius 1 is 1.29 bits per heavy atom. The van der Waals surface area contributed by atoms with Crippen molar-refractivity contribution in [2.45, 2.75) is 19.9 Å². The lowest BCUT2D eigenvalue weighted by Gasteiger charge is -2.44. The minimum absolute atomic E-state index is 0.0727. The van der Waals surface area contributed by atoms with Gasteiger partial charge in [0.25, 0.3) is 5.91 Å². The average Bonchev–Trinajstić information content (AvgIpc) is 3.11. The molecule has 0 N–H and O–H groups in total. The van der Waals surface area contributed by atoms with E-state index in [1.165, 1.54) is 6.20 Å². The predicted octanol–water partition coefficient (Wildman–Crippen LogP) is 0.690. The van der Waals surface area contributed by atoms with E-state index in [9.17, 15) is 4.79 Å². The van der Waals surface area contributed by atoms with Crippen LogP contribution in [0, 0.1) is 13.8 Å². The molecule has 1 saturated heterocycles. The van der Waals surface area contributed by atoms with Crippen molar-refractivity contribution in [3.05, 3.63) is 35.5 Å². The van der Waals surface area contributed by atoms with Crippen molar-refractivity contribution in [3.63, 3.8) is 0 Å². The Morgan fingerprint density at radius 3 is 2.79 bits per heavy atom. The molecule has 9 heteroatoms. The fourth-order valence-corrected chi connectivity index (χ4v) is 2.80. The van der Waals surface area contributed by atoms with Crippen LogP contribution in [0.5, 0.6) is 0 Å². The highest BCUT2D eigenvalue weighted by Gasteiger charge is 2.34. The summed E-state index contributed by atoms with van der Waals surface area (Å²) < 4.78 is 6.69. The number of hydrogen-bond donors (Lipinski definition) is 0. The zero-order chi connectivity index (χ0) is 16.8. The summed E-state index contributed by atoms with van der Waals surface area (Å²) in [5, 5.41) is 16.3. The van der Waals surface area contributed by atoms with Crippen molar-refractivity contribution in [1.82, 2.24) is 29.9 Å². The van der Waals surface area contributed by atoms with Gasteiger partial charge in [0.1, 0.15) is 17.1 Å². The number of fused-ring (bicyclic) bond motifs is 1. The summed E-state index contributed by atoms with van der Waals surface area (Å²) in [6, 6.07) is 3.95. The second kappa shape index (κ2) is 5.29. The molecule has 9 nitrogen and oxygen atoms in total. The van der Waals surface area contributed by atoms with Gasteiger partial charge in [-0.05, 0) is 26.0 Å². The van der Waals surface area contributed by atoms with E-state index < -0.39 is 0 Å². The normalized spacial score (nSPS) is 14.9. The Kier molecular flexibility index (Phi) is 3.22. The molecule has 0 bridgehead atoms. The first-order valence-corrected chi connectivity index (χ1v) is 7.67. The number of aromatic nitrogens is 5. The summed E-state index contributed by atoms with van der Waals surface area (Å²) in [5.74, 6) is 2.07. The van der Waals surface area contributed by atoms with Crippen LogP contribution >= 0.6 is 0 Å². The Morgan fingerprint density at radius 2 is 2.08 bits per heavy atom. The Balaban J connectivity index is 1.46. The van der Waals surface area contributed by atoms with Crippen molar-refractivity contribution in [2.24, 2.45) is 0 Å². The number of amides is 1. The average molecular weight is 327 g/mol. The molecule has 1 aliphatic heterocycles. The van der Waals surface area contributed by atoms with E-state index in [2.05, 4.69) is 25.4 Å². The van der Waals surface area contributed by atoms with E-state index in [4.69, 9.17) is 4.52 Å². The Hall–Kier alpha value is -2.97. The van der Waals surface area contributed by atoms with E-state index in [1.54, 1.807) is 23.4 Å². The lowest BCUT2D eigenvalue weighted by atomic mass is 10.1. The van der Waals surface area contributed by atoms with Gasteiger partial charge in [0.2, 0.25) is 0 Å². The lowest BCUT2D eigenvalue weighted by Crippen LogP contribution is -2.60. The van der Waals surface area contributed by atoms with Crippen LogP contribution in [0.15, 0.2) is 22.9 Å². The van der Waals surface area contributed by atoms with E-state index in [1.807, 2.05) is 19.1 Å². The first-order valence-electron chi connectivity index (χ1n) is 7.67. The maximum absolute atomic E-state index is 12.5. The molecule has 4 rings (SSSR count). The zero-order valence-corrected chi connectivity index (χ0v) is 13.7. The summed E-state index contributed by atoms with van der Waals surface area (Å²) in [4.78, 5) is 16.3. The fraction of sp³-hybridized carbons (Fsp3) is 0.400. The van der Waals surface area contributed by atoms with E-state index >= 15 is 0 Å². The van der Waals surface area contributed by atoms with E-state index in [0.29, 0.717) is 11.3 Å². The monoisotopic (exact) mass is 327 g/mol. The van der Waals surface area contributed by atoms with Crippen molar-refractivity contribution in [3.8, 4) is 0 Å². The molecular formula is C15H17N7O2. The third-order valence-electron chi connectivity index (χ3n) is 4.44. The van der Waals surface area contributed by atoms with Crippen LogP contribution in [0.25, 0.3) is 5.65 Å². The second-order valence-corrected chi connectivity index (χ2v) is 5.98. The second-order valence-electron chi connectivity index (χ2n) is 5.98. The molecule has 0 unspecified atom stereocenters. The third-order valence-corrected chi connectivity index (χ3v) is 4.44. The molecule has 1 aliphatic rings. The highest BCUT2D eigenvalue weighted by Crippen LogP contribution is 2.23. The number of carbonyl (C=O) groups is 1. The molecule has 4 heterocycles.